The predicted molar refractivity (Wildman–Crippen MR) is 55.2 cm³/mol. The van der Waals surface area contributed by atoms with Crippen molar-refractivity contribution >= 4 is 0 Å². The average molecular weight is 172 g/mol. The molecule has 2 unspecified atom stereocenters. The van der Waals surface area contributed by atoms with Crippen molar-refractivity contribution in [3.05, 3.63) is 0 Å². The predicted octanol–water partition coefficient (Wildman–Crippen LogP) is 1.70. The Morgan fingerprint density at radius 1 is 1.25 bits per heavy atom. The minimum absolute atomic E-state index is 0.289. The van der Waals surface area contributed by atoms with Crippen LogP contribution >= 0.6 is 0 Å². The van der Waals surface area contributed by atoms with Crippen LogP contribution in [0.5, 0.6) is 0 Å². The Labute approximate surface area is 77.1 Å². The average Bonchev–Trinajstić information content (AvgIpc) is 1.79. The van der Waals surface area contributed by atoms with Gasteiger partial charge in [-0.1, -0.05) is 20.8 Å². The molecule has 0 aliphatic carbocycles. The monoisotopic (exact) mass is 172 g/mol. The summed E-state index contributed by atoms with van der Waals surface area (Å²) in [5.74, 6) is 0. The van der Waals surface area contributed by atoms with E-state index in [1.807, 2.05) is 0 Å². The fourth-order valence-electron chi connectivity index (χ4n) is 1.69. The van der Waals surface area contributed by atoms with E-state index < -0.39 is 0 Å². The molecule has 2 nitrogen and oxygen atoms in total. The van der Waals surface area contributed by atoms with Gasteiger partial charge in [0.15, 0.2) is 0 Å². The first-order chi connectivity index (χ1) is 5.25. The first kappa shape index (κ1) is 11.9. The Balaban J connectivity index is 4.25. The normalized spacial score (nSPS) is 18.0. The molecule has 0 aliphatic heterocycles. The third kappa shape index (κ3) is 4.07. The molecule has 74 valence electrons. The number of nitrogens with two attached hydrogens (primary N) is 1. The van der Waals surface area contributed by atoms with Gasteiger partial charge in [-0.3, -0.25) is 0 Å². The fourth-order valence-corrected chi connectivity index (χ4v) is 1.69. The van der Waals surface area contributed by atoms with E-state index in [2.05, 4.69) is 46.7 Å². The highest BCUT2D eigenvalue weighted by Crippen LogP contribution is 2.25. The zero-order valence-corrected chi connectivity index (χ0v) is 9.39. The molecule has 2 heteroatoms. The van der Waals surface area contributed by atoms with Crippen LogP contribution in [0.4, 0.5) is 0 Å². The van der Waals surface area contributed by atoms with E-state index >= 15 is 0 Å². The minimum atomic E-state index is 0.289. The van der Waals surface area contributed by atoms with Crippen LogP contribution in [0.15, 0.2) is 0 Å². The summed E-state index contributed by atoms with van der Waals surface area (Å²) in [5.41, 5.74) is 6.12. The van der Waals surface area contributed by atoms with Gasteiger partial charge in [-0.15, -0.1) is 0 Å². The van der Waals surface area contributed by atoms with E-state index in [-0.39, 0.29) is 6.04 Å². The largest absolute Gasteiger partial charge is 0.328 e. The van der Waals surface area contributed by atoms with Crippen LogP contribution in [-0.4, -0.2) is 31.1 Å². The molecule has 0 spiro atoms. The Bertz CT molecular complexity index is 122. The second kappa shape index (κ2) is 4.24. The molecule has 12 heavy (non-hydrogen) atoms. The Kier molecular flexibility index (Phi) is 4.21. The van der Waals surface area contributed by atoms with E-state index in [4.69, 9.17) is 5.73 Å². The molecule has 0 rings (SSSR count). The van der Waals surface area contributed by atoms with Gasteiger partial charge in [0.2, 0.25) is 0 Å². The van der Waals surface area contributed by atoms with Gasteiger partial charge in [0.05, 0.1) is 0 Å². The summed E-state index contributed by atoms with van der Waals surface area (Å²) < 4.78 is 0. The second-order valence-electron chi connectivity index (χ2n) is 5.06. The van der Waals surface area contributed by atoms with Crippen molar-refractivity contribution in [2.24, 2.45) is 11.1 Å². The maximum atomic E-state index is 5.80. The molecule has 0 fully saturated rings. The quantitative estimate of drug-likeness (QED) is 0.702. The Hall–Kier alpha value is -0.0800. The van der Waals surface area contributed by atoms with Crippen LogP contribution in [0.3, 0.4) is 0 Å². The molecule has 0 aromatic heterocycles. The molecule has 2 atom stereocenters. The van der Waals surface area contributed by atoms with E-state index in [9.17, 15) is 0 Å². The zero-order valence-electron chi connectivity index (χ0n) is 9.39. The van der Waals surface area contributed by atoms with Crippen molar-refractivity contribution < 1.29 is 0 Å². The third-order valence-electron chi connectivity index (χ3n) is 2.22. The van der Waals surface area contributed by atoms with Crippen molar-refractivity contribution in [3.63, 3.8) is 0 Å². The van der Waals surface area contributed by atoms with Gasteiger partial charge in [-0.05, 0) is 32.9 Å². The lowest BCUT2D eigenvalue weighted by molar-refractivity contribution is 0.137. The summed E-state index contributed by atoms with van der Waals surface area (Å²) >= 11 is 0. The maximum absolute atomic E-state index is 5.80. The SMILES string of the molecule is CC(N)CC(N(C)C)C(C)(C)C. The molecule has 0 saturated carbocycles. The van der Waals surface area contributed by atoms with Crippen LogP contribution in [0.25, 0.3) is 0 Å². The van der Waals surface area contributed by atoms with Gasteiger partial charge in [-0.25, -0.2) is 0 Å². The van der Waals surface area contributed by atoms with Crippen LogP contribution in [0.1, 0.15) is 34.1 Å². The van der Waals surface area contributed by atoms with Crippen LogP contribution in [-0.2, 0) is 0 Å². The van der Waals surface area contributed by atoms with Crippen molar-refractivity contribution in [1.29, 1.82) is 0 Å². The standard InChI is InChI=1S/C10H24N2/c1-8(11)7-9(12(5)6)10(2,3)4/h8-9H,7,11H2,1-6H3. The molecular weight excluding hydrogens is 148 g/mol. The summed E-state index contributed by atoms with van der Waals surface area (Å²) in [6.45, 7) is 8.86. The van der Waals surface area contributed by atoms with Crippen LogP contribution < -0.4 is 5.73 Å². The van der Waals surface area contributed by atoms with Crippen molar-refractivity contribution in [3.8, 4) is 0 Å². The highest BCUT2D eigenvalue weighted by molar-refractivity contribution is 4.82. The van der Waals surface area contributed by atoms with Gasteiger partial charge in [0.1, 0.15) is 0 Å². The van der Waals surface area contributed by atoms with E-state index in [0.29, 0.717) is 11.5 Å². The lowest BCUT2D eigenvalue weighted by atomic mass is 9.82. The fraction of sp³-hybridized carbons (Fsp3) is 1.00. The number of rotatable bonds is 3. The maximum Gasteiger partial charge on any atom is 0.0152 e. The topological polar surface area (TPSA) is 29.3 Å². The van der Waals surface area contributed by atoms with Gasteiger partial charge < -0.3 is 10.6 Å². The highest BCUT2D eigenvalue weighted by Gasteiger charge is 2.26. The molecule has 0 saturated heterocycles. The lowest BCUT2D eigenvalue weighted by Crippen LogP contribution is -2.42. The number of nitrogens with zero attached hydrogens (tertiary/aromatic N) is 1. The van der Waals surface area contributed by atoms with Crippen molar-refractivity contribution in [2.45, 2.75) is 46.2 Å². The lowest BCUT2D eigenvalue weighted by Gasteiger charge is -2.37. The van der Waals surface area contributed by atoms with Gasteiger partial charge in [0, 0.05) is 12.1 Å². The number of hydrogen-bond acceptors (Lipinski definition) is 2. The molecule has 0 aromatic rings. The second-order valence-corrected chi connectivity index (χ2v) is 5.06. The summed E-state index contributed by atoms with van der Waals surface area (Å²) in [7, 11) is 4.25. The highest BCUT2D eigenvalue weighted by atomic mass is 15.1. The molecule has 0 bridgehead atoms. The first-order valence-electron chi connectivity index (χ1n) is 4.67. The molecular formula is C10H24N2. The Morgan fingerprint density at radius 2 is 1.67 bits per heavy atom. The van der Waals surface area contributed by atoms with Gasteiger partial charge in [-0.2, -0.15) is 0 Å². The molecule has 0 aliphatic rings. The van der Waals surface area contributed by atoms with Crippen molar-refractivity contribution in [1.82, 2.24) is 4.90 Å². The molecule has 0 aromatic carbocycles. The van der Waals surface area contributed by atoms with E-state index in [0.717, 1.165) is 6.42 Å². The van der Waals surface area contributed by atoms with Crippen LogP contribution in [0, 0.1) is 5.41 Å². The Morgan fingerprint density at radius 3 is 1.75 bits per heavy atom. The first-order valence-corrected chi connectivity index (χ1v) is 4.67. The minimum Gasteiger partial charge on any atom is -0.328 e. The zero-order chi connectivity index (χ0) is 9.94. The van der Waals surface area contributed by atoms with E-state index in [1.165, 1.54) is 0 Å². The number of hydrogen-bond donors (Lipinski definition) is 1. The molecule has 2 N–H and O–H groups in total. The smallest absolute Gasteiger partial charge is 0.0152 e. The summed E-state index contributed by atoms with van der Waals surface area (Å²) in [5, 5.41) is 0. The third-order valence-corrected chi connectivity index (χ3v) is 2.22. The van der Waals surface area contributed by atoms with E-state index in [1.54, 1.807) is 0 Å². The van der Waals surface area contributed by atoms with Gasteiger partial charge in [0.25, 0.3) is 0 Å². The summed E-state index contributed by atoms with van der Waals surface area (Å²) in [6.07, 6.45) is 1.07. The summed E-state index contributed by atoms with van der Waals surface area (Å²) in [6, 6.07) is 0.856. The molecule has 0 amide bonds. The van der Waals surface area contributed by atoms with Gasteiger partial charge >= 0.3 is 0 Å². The van der Waals surface area contributed by atoms with Crippen molar-refractivity contribution in [2.75, 3.05) is 14.1 Å². The van der Waals surface area contributed by atoms with Crippen LogP contribution in [0.2, 0.25) is 0 Å². The summed E-state index contributed by atoms with van der Waals surface area (Å²) in [4.78, 5) is 2.27. The molecule has 0 radical (unpaired) electrons. The molecule has 0 heterocycles.